The summed E-state index contributed by atoms with van der Waals surface area (Å²) in [6.45, 7) is 1.95. The lowest BCUT2D eigenvalue weighted by atomic mass is 10.1. The predicted octanol–water partition coefficient (Wildman–Crippen LogP) is 3.28. The van der Waals surface area contributed by atoms with E-state index in [2.05, 4.69) is 5.32 Å². The van der Waals surface area contributed by atoms with Crippen molar-refractivity contribution in [2.45, 2.75) is 6.92 Å². The van der Waals surface area contributed by atoms with Crippen LogP contribution in [0, 0.1) is 18.3 Å². The zero-order valence-electron chi connectivity index (χ0n) is 15.4. The second-order valence-electron chi connectivity index (χ2n) is 6.15. The molecule has 0 aliphatic heterocycles. The second kappa shape index (κ2) is 7.68. The molecule has 28 heavy (non-hydrogen) atoms. The third-order valence-corrected chi connectivity index (χ3v) is 4.24. The molecule has 0 unspecified atom stereocenters. The van der Waals surface area contributed by atoms with Crippen LogP contribution >= 0.6 is 0 Å². The highest BCUT2D eigenvalue weighted by atomic mass is 16.5. The molecule has 0 saturated heterocycles. The van der Waals surface area contributed by atoms with Crippen LogP contribution in [0.15, 0.2) is 54.7 Å². The van der Waals surface area contributed by atoms with Crippen molar-refractivity contribution in [2.75, 3.05) is 18.2 Å². The molecule has 0 bridgehead atoms. The third kappa shape index (κ3) is 3.57. The Labute approximate surface area is 162 Å². The first-order chi connectivity index (χ1) is 13.4. The lowest BCUT2D eigenvalue weighted by Gasteiger charge is -2.11. The van der Waals surface area contributed by atoms with Gasteiger partial charge in [-0.05, 0) is 37.3 Å². The van der Waals surface area contributed by atoms with Crippen molar-refractivity contribution in [1.82, 2.24) is 4.57 Å². The molecule has 0 radical (unpaired) electrons. The molecule has 1 heterocycles. The van der Waals surface area contributed by atoms with E-state index in [0.717, 1.165) is 5.56 Å². The van der Waals surface area contributed by atoms with E-state index >= 15 is 0 Å². The van der Waals surface area contributed by atoms with E-state index in [-0.39, 0.29) is 22.9 Å². The molecule has 0 saturated carbocycles. The summed E-state index contributed by atoms with van der Waals surface area (Å²) in [6.07, 6.45) is 1.46. The predicted molar refractivity (Wildman–Crippen MR) is 105 cm³/mol. The van der Waals surface area contributed by atoms with Crippen molar-refractivity contribution < 1.29 is 14.3 Å². The molecule has 3 aromatic rings. The van der Waals surface area contributed by atoms with Crippen molar-refractivity contribution in [1.29, 1.82) is 5.26 Å². The monoisotopic (exact) mass is 374 g/mol. The van der Waals surface area contributed by atoms with Gasteiger partial charge in [-0.1, -0.05) is 23.8 Å². The van der Waals surface area contributed by atoms with E-state index < -0.39 is 5.97 Å². The number of nitrogens with zero attached hydrogens (tertiary/aromatic N) is 2. The van der Waals surface area contributed by atoms with Crippen molar-refractivity contribution >= 4 is 23.3 Å². The number of ether oxygens (including phenoxy) is 1. The Hall–Kier alpha value is -4.05. The SMILES string of the molecule is COC(=O)c1c(N)c(C#N)cn1-c1cccc(NC(=O)c2ccc(C)cc2)c1. The third-order valence-electron chi connectivity index (χ3n) is 4.24. The lowest BCUT2D eigenvalue weighted by molar-refractivity contribution is 0.0593. The minimum absolute atomic E-state index is 0.0449. The fourth-order valence-corrected chi connectivity index (χ4v) is 2.76. The number of nitrogen functional groups attached to an aromatic ring is 1. The van der Waals surface area contributed by atoms with E-state index in [0.29, 0.717) is 16.9 Å². The number of carbonyl (C=O) groups is 2. The Morgan fingerprint density at radius 2 is 1.89 bits per heavy atom. The number of benzene rings is 2. The number of rotatable bonds is 4. The van der Waals surface area contributed by atoms with Crippen LogP contribution in [0.2, 0.25) is 0 Å². The van der Waals surface area contributed by atoms with Crippen molar-refractivity contribution in [2.24, 2.45) is 0 Å². The number of amides is 1. The number of nitrogens with one attached hydrogen (secondary N) is 1. The Morgan fingerprint density at radius 3 is 2.54 bits per heavy atom. The number of nitrogens with two attached hydrogens (primary N) is 1. The van der Waals surface area contributed by atoms with Gasteiger partial charge in [0.1, 0.15) is 6.07 Å². The van der Waals surface area contributed by atoms with Gasteiger partial charge in [0.15, 0.2) is 5.69 Å². The van der Waals surface area contributed by atoms with Gasteiger partial charge in [-0.2, -0.15) is 5.26 Å². The van der Waals surface area contributed by atoms with Crippen LogP contribution in [0.3, 0.4) is 0 Å². The van der Waals surface area contributed by atoms with Gasteiger partial charge in [-0.3, -0.25) is 4.79 Å². The van der Waals surface area contributed by atoms with Crippen LogP contribution in [0.1, 0.15) is 32.0 Å². The number of aryl methyl sites for hydroxylation is 1. The highest BCUT2D eigenvalue weighted by molar-refractivity contribution is 6.04. The maximum atomic E-state index is 12.4. The van der Waals surface area contributed by atoms with Crippen molar-refractivity contribution in [3.8, 4) is 11.8 Å². The molecule has 3 N–H and O–H groups in total. The number of aromatic nitrogens is 1. The smallest absolute Gasteiger partial charge is 0.357 e. The Morgan fingerprint density at radius 1 is 1.18 bits per heavy atom. The molecule has 0 aliphatic rings. The van der Waals surface area contributed by atoms with E-state index in [9.17, 15) is 14.9 Å². The Balaban J connectivity index is 1.96. The normalized spacial score (nSPS) is 10.2. The number of methoxy groups -OCH3 is 1. The summed E-state index contributed by atoms with van der Waals surface area (Å²) in [5.74, 6) is -0.914. The van der Waals surface area contributed by atoms with Crippen LogP contribution in [-0.4, -0.2) is 23.6 Å². The van der Waals surface area contributed by atoms with Gasteiger partial charge in [0.25, 0.3) is 5.91 Å². The minimum Gasteiger partial charge on any atom is -0.464 e. The maximum Gasteiger partial charge on any atom is 0.357 e. The van der Waals surface area contributed by atoms with E-state index in [1.165, 1.54) is 17.9 Å². The van der Waals surface area contributed by atoms with Crippen LogP contribution < -0.4 is 11.1 Å². The Bertz CT molecular complexity index is 1090. The van der Waals surface area contributed by atoms with Gasteiger partial charge >= 0.3 is 5.97 Å². The van der Waals surface area contributed by atoms with Gasteiger partial charge in [-0.15, -0.1) is 0 Å². The van der Waals surface area contributed by atoms with E-state index in [1.807, 2.05) is 25.1 Å². The van der Waals surface area contributed by atoms with E-state index in [4.69, 9.17) is 10.5 Å². The minimum atomic E-state index is -0.659. The molecular weight excluding hydrogens is 356 g/mol. The molecule has 0 atom stereocenters. The fraction of sp³-hybridized carbons (Fsp3) is 0.0952. The first-order valence-electron chi connectivity index (χ1n) is 8.42. The molecule has 140 valence electrons. The van der Waals surface area contributed by atoms with Gasteiger partial charge in [0.2, 0.25) is 0 Å². The highest BCUT2D eigenvalue weighted by Crippen LogP contribution is 2.26. The summed E-state index contributed by atoms with van der Waals surface area (Å²) in [6, 6.07) is 16.0. The molecule has 2 aromatic carbocycles. The summed E-state index contributed by atoms with van der Waals surface area (Å²) in [5, 5.41) is 12.0. The molecule has 1 amide bonds. The van der Waals surface area contributed by atoms with Gasteiger partial charge in [0, 0.05) is 23.1 Å². The molecular formula is C21H18N4O3. The quantitative estimate of drug-likeness (QED) is 0.681. The highest BCUT2D eigenvalue weighted by Gasteiger charge is 2.21. The number of hydrogen-bond donors (Lipinski definition) is 2. The average molecular weight is 374 g/mol. The maximum absolute atomic E-state index is 12.4. The number of nitriles is 1. The van der Waals surface area contributed by atoms with E-state index in [1.54, 1.807) is 36.4 Å². The van der Waals surface area contributed by atoms with Crippen LogP contribution in [-0.2, 0) is 4.74 Å². The fourth-order valence-electron chi connectivity index (χ4n) is 2.76. The molecule has 7 nitrogen and oxygen atoms in total. The molecule has 0 fully saturated rings. The summed E-state index contributed by atoms with van der Waals surface area (Å²) in [4.78, 5) is 24.6. The molecule has 3 rings (SSSR count). The van der Waals surface area contributed by atoms with Crippen LogP contribution in [0.5, 0.6) is 0 Å². The molecule has 7 heteroatoms. The standard InChI is InChI=1S/C21H18N4O3/c1-13-6-8-14(9-7-13)20(26)24-16-4-3-5-17(10-16)25-12-15(11-22)18(23)19(25)21(27)28-2/h3-10,12H,23H2,1-2H3,(H,24,26). The molecule has 0 aliphatic carbocycles. The number of hydrogen-bond acceptors (Lipinski definition) is 5. The summed E-state index contributed by atoms with van der Waals surface area (Å²) < 4.78 is 6.25. The van der Waals surface area contributed by atoms with Crippen LogP contribution in [0.25, 0.3) is 5.69 Å². The number of anilines is 2. The average Bonchev–Trinajstić information content (AvgIpc) is 3.04. The van der Waals surface area contributed by atoms with Gasteiger partial charge in [-0.25, -0.2) is 4.79 Å². The lowest BCUT2D eigenvalue weighted by Crippen LogP contribution is -2.13. The topological polar surface area (TPSA) is 110 Å². The van der Waals surface area contributed by atoms with Crippen LogP contribution in [0.4, 0.5) is 11.4 Å². The number of carbonyl (C=O) groups excluding carboxylic acids is 2. The largest absolute Gasteiger partial charge is 0.464 e. The van der Waals surface area contributed by atoms with Crippen molar-refractivity contribution in [3.63, 3.8) is 0 Å². The summed E-state index contributed by atoms with van der Waals surface area (Å²) in [7, 11) is 1.24. The second-order valence-corrected chi connectivity index (χ2v) is 6.15. The first kappa shape index (κ1) is 18.7. The first-order valence-corrected chi connectivity index (χ1v) is 8.42. The van der Waals surface area contributed by atoms with Gasteiger partial charge in [0.05, 0.1) is 18.4 Å². The molecule has 0 spiro atoms. The zero-order chi connectivity index (χ0) is 20.3. The van der Waals surface area contributed by atoms with Crippen molar-refractivity contribution in [3.05, 3.63) is 77.1 Å². The molecule has 1 aromatic heterocycles. The zero-order valence-corrected chi connectivity index (χ0v) is 15.4. The summed E-state index contributed by atoms with van der Waals surface area (Å²) in [5.41, 5.74) is 8.86. The Kier molecular flexibility index (Phi) is 5.14. The summed E-state index contributed by atoms with van der Waals surface area (Å²) >= 11 is 0. The number of esters is 1. The van der Waals surface area contributed by atoms with Gasteiger partial charge < -0.3 is 20.4 Å².